The molecule has 96 valence electrons. The Bertz CT molecular complexity index is 673. The van der Waals surface area contributed by atoms with Gasteiger partial charge >= 0.3 is 0 Å². The maximum Gasteiger partial charge on any atom is 0.151 e. The van der Waals surface area contributed by atoms with Crippen LogP contribution in [0.2, 0.25) is 0 Å². The number of hydrogen-bond donors (Lipinski definition) is 1. The Labute approximate surface area is 120 Å². The average molecular weight is 286 g/mol. The van der Waals surface area contributed by atoms with Gasteiger partial charge in [0.15, 0.2) is 4.34 Å². The fourth-order valence-electron chi connectivity index (χ4n) is 1.93. The average Bonchev–Trinajstić information content (AvgIpc) is 2.80. The summed E-state index contributed by atoms with van der Waals surface area (Å²) in [6.07, 6.45) is 0. The van der Waals surface area contributed by atoms with Crippen LogP contribution >= 0.6 is 23.1 Å². The van der Waals surface area contributed by atoms with E-state index in [4.69, 9.17) is 5.73 Å². The van der Waals surface area contributed by atoms with Gasteiger partial charge in [0.2, 0.25) is 0 Å². The van der Waals surface area contributed by atoms with Gasteiger partial charge in [-0.05, 0) is 36.8 Å². The lowest BCUT2D eigenvalue weighted by Gasteiger charge is -2.09. The third kappa shape index (κ3) is 2.74. The van der Waals surface area contributed by atoms with Crippen molar-refractivity contribution < 1.29 is 0 Å². The van der Waals surface area contributed by atoms with E-state index in [1.165, 1.54) is 10.3 Å². The quantitative estimate of drug-likeness (QED) is 0.558. The van der Waals surface area contributed by atoms with Crippen LogP contribution in [0.3, 0.4) is 0 Å². The van der Waals surface area contributed by atoms with Gasteiger partial charge in [0.05, 0.1) is 10.2 Å². The second-order valence-electron chi connectivity index (χ2n) is 4.38. The van der Waals surface area contributed by atoms with Crippen molar-refractivity contribution in [3.8, 4) is 0 Å². The summed E-state index contributed by atoms with van der Waals surface area (Å²) in [6.45, 7) is 2.19. The van der Waals surface area contributed by atoms with Crippen LogP contribution < -0.4 is 5.73 Å². The number of nitrogens with zero attached hydrogens (tertiary/aromatic N) is 1. The van der Waals surface area contributed by atoms with E-state index >= 15 is 0 Å². The number of benzene rings is 2. The fraction of sp³-hybridized carbons (Fsp3) is 0.133. The Morgan fingerprint density at radius 3 is 2.79 bits per heavy atom. The molecule has 0 spiro atoms. The predicted molar refractivity (Wildman–Crippen MR) is 84.7 cm³/mol. The van der Waals surface area contributed by atoms with Crippen molar-refractivity contribution >= 4 is 39.0 Å². The van der Waals surface area contributed by atoms with E-state index in [2.05, 4.69) is 36.2 Å². The molecule has 0 bridgehead atoms. The molecule has 0 saturated carbocycles. The number of nitrogens with two attached hydrogens (primary N) is 1. The van der Waals surface area contributed by atoms with E-state index in [-0.39, 0.29) is 0 Å². The normalized spacial score (nSPS) is 12.7. The maximum absolute atomic E-state index is 5.83. The second-order valence-corrected chi connectivity index (χ2v) is 7.00. The van der Waals surface area contributed by atoms with Gasteiger partial charge in [0.25, 0.3) is 0 Å². The van der Waals surface area contributed by atoms with Crippen molar-refractivity contribution in [3.63, 3.8) is 0 Å². The van der Waals surface area contributed by atoms with E-state index in [1.54, 1.807) is 23.1 Å². The fourth-order valence-corrected chi connectivity index (χ4v) is 4.26. The Kier molecular flexibility index (Phi) is 3.44. The Balaban J connectivity index is 1.84. The monoisotopic (exact) mass is 286 g/mol. The number of hydrogen-bond acceptors (Lipinski definition) is 4. The Morgan fingerprint density at radius 2 is 2.00 bits per heavy atom. The van der Waals surface area contributed by atoms with Crippen molar-refractivity contribution in [2.45, 2.75) is 16.5 Å². The molecule has 3 rings (SSSR count). The summed E-state index contributed by atoms with van der Waals surface area (Å²) in [6, 6.07) is 16.3. The highest BCUT2D eigenvalue weighted by molar-refractivity contribution is 8.01. The SMILES string of the molecule is CC(Sc1nc2ccccc2s1)c1cccc(N)c1. The van der Waals surface area contributed by atoms with Gasteiger partial charge in [-0.2, -0.15) is 0 Å². The largest absolute Gasteiger partial charge is 0.399 e. The molecular weight excluding hydrogens is 272 g/mol. The predicted octanol–water partition coefficient (Wildman–Crippen LogP) is 4.73. The Morgan fingerprint density at radius 1 is 1.16 bits per heavy atom. The van der Waals surface area contributed by atoms with Crippen LogP contribution in [-0.2, 0) is 0 Å². The molecule has 0 fully saturated rings. The molecule has 0 aliphatic rings. The van der Waals surface area contributed by atoms with Gasteiger partial charge in [-0.1, -0.05) is 36.0 Å². The number of thioether (sulfide) groups is 1. The minimum absolute atomic E-state index is 0.351. The highest BCUT2D eigenvalue weighted by atomic mass is 32.2. The Hall–Kier alpha value is -1.52. The number of fused-ring (bicyclic) bond motifs is 1. The number of anilines is 1. The summed E-state index contributed by atoms with van der Waals surface area (Å²) in [5.41, 5.74) is 8.96. The van der Waals surface area contributed by atoms with Crippen LogP contribution in [0.25, 0.3) is 10.2 Å². The standard InChI is InChI=1S/C15H14N2S2/c1-10(11-5-4-6-12(16)9-11)18-15-17-13-7-2-3-8-14(13)19-15/h2-10H,16H2,1H3. The van der Waals surface area contributed by atoms with E-state index in [1.807, 2.05) is 24.3 Å². The molecule has 1 unspecified atom stereocenters. The molecule has 1 heterocycles. The molecule has 4 heteroatoms. The molecule has 1 atom stereocenters. The van der Waals surface area contributed by atoms with E-state index in [0.29, 0.717) is 5.25 Å². The highest BCUT2D eigenvalue weighted by Crippen LogP contribution is 2.39. The first-order valence-corrected chi connectivity index (χ1v) is 7.79. The van der Waals surface area contributed by atoms with Gasteiger partial charge in [0.1, 0.15) is 0 Å². The van der Waals surface area contributed by atoms with E-state index in [0.717, 1.165) is 15.5 Å². The smallest absolute Gasteiger partial charge is 0.151 e. The summed E-state index contributed by atoms with van der Waals surface area (Å²) < 4.78 is 2.35. The minimum atomic E-state index is 0.351. The first-order chi connectivity index (χ1) is 9.22. The van der Waals surface area contributed by atoms with Crippen molar-refractivity contribution in [2.24, 2.45) is 0 Å². The lowest BCUT2D eigenvalue weighted by molar-refractivity contribution is 1.09. The first-order valence-electron chi connectivity index (χ1n) is 6.10. The third-order valence-corrected chi connectivity index (χ3v) is 5.22. The van der Waals surface area contributed by atoms with E-state index in [9.17, 15) is 0 Å². The van der Waals surface area contributed by atoms with Crippen molar-refractivity contribution in [1.82, 2.24) is 4.98 Å². The first kappa shape index (κ1) is 12.5. The lowest BCUT2D eigenvalue weighted by atomic mass is 10.1. The summed E-state index contributed by atoms with van der Waals surface area (Å²) in [5.74, 6) is 0. The van der Waals surface area contributed by atoms with Crippen LogP contribution in [-0.4, -0.2) is 4.98 Å². The number of thiazole rings is 1. The van der Waals surface area contributed by atoms with Gasteiger partial charge in [-0.15, -0.1) is 11.3 Å². The molecular formula is C15H14N2S2. The zero-order valence-electron chi connectivity index (χ0n) is 10.5. The van der Waals surface area contributed by atoms with Crippen LogP contribution in [0, 0.1) is 0 Å². The van der Waals surface area contributed by atoms with Gasteiger partial charge < -0.3 is 5.73 Å². The summed E-state index contributed by atoms with van der Waals surface area (Å²) in [5, 5.41) is 0.351. The molecule has 0 saturated heterocycles. The molecule has 0 amide bonds. The van der Waals surface area contributed by atoms with Crippen LogP contribution in [0.4, 0.5) is 5.69 Å². The molecule has 0 radical (unpaired) electrons. The summed E-state index contributed by atoms with van der Waals surface area (Å²) in [7, 11) is 0. The molecule has 2 N–H and O–H groups in total. The maximum atomic E-state index is 5.83. The summed E-state index contributed by atoms with van der Waals surface area (Å²) >= 11 is 3.53. The van der Waals surface area contributed by atoms with Crippen LogP contribution in [0.5, 0.6) is 0 Å². The van der Waals surface area contributed by atoms with Crippen molar-refractivity contribution in [1.29, 1.82) is 0 Å². The minimum Gasteiger partial charge on any atom is -0.399 e. The van der Waals surface area contributed by atoms with Crippen molar-refractivity contribution in [3.05, 3.63) is 54.1 Å². The second kappa shape index (κ2) is 5.23. The topological polar surface area (TPSA) is 38.9 Å². The molecule has 2 aromatic carbocycles. The van der Waals surface area contributed by atoms with Gasteiger partial charge in [-0.3, -0.25) is 0 Å². The molecule has 2 nitrogen and oxygen atoms in total. The molecule has 0 aliphatic heterocycles. The summed E-state index contributed by atoms with van der Waals surface area (Å²) in [4.78, 5) is 4.65. The van der Waals surface area contributed by atoms with Gasteiger partial charge in [-0.25, -0.2) is 4.98 Å². The number of aromatic nitrogens is 1. The molecule has 19 heavy (non-hydrogen) atoms. The van der Waals surface area contributed by atoms with Crippen LogP contribution in [0.1, 0.15) is 17.7 Å². The number of para-hydroxylation sites is 1. The zero-order chi connectivity index (χ0) is 13.2. The molecule has 3 aromatic rings. The van der Waals surface area contributed by atoms with Crippen molar-refractivity contribution in [2.75, 3.05) is 5.73 Å². The van der Waals surface area contributed by atoms with E-state index < -0.39 is 0 Å². The lowest BCUT2D eigenvalue weighted by Crippen LogP contribution is -1.91. The molecule has 1 aromatic heterocycles. The van der Waals surface area contributed by atoms with Gasteiger partial charge in [0, 0.05) is 10.9 Å². The van der Waals surface area contributed by atoms with Crippen LogP contribution in [0.15, 0.2) is 52.9 Å². The molecule has 0 aliphatic carbocycles. The highest BCUT2D eigenvalue weighted by Gasteiger charge is 2.11. The zero-order valence-corrected chi connectivity index (χ0v) is 12.2. The number of rotatable bonds is 3. The number of nitrogen functional groups attached to an aromatic ring is 1. The third-order valence-electron chi connectivity index (χ3n) is 2.93.